The Balaban J connectivity index is 1.88. The van der Waals surface area contributed by atoms with Crippen LogP contribution in [0, 0.1) is 0 Å². The largest absolute Gasteiger partial charge is 0.497 e. The summed E-state index contributed by atoms with van der Waals surface area (Å²) in [4.78, 5) is 26.3. The van der Waals surface area contributed by atoms with Crippen LogP contribution in [0.2, 0.25) is 0 Å². The highest BCUT2D eigenvalue weighted by molar-refractivity contribution is 9.10. The van der Waals surface area contributed by atoms with Gasteiger partial charge in [0.15, 0.2) is 5.78 Å². The van der Waals surface area contributed by atoms with E-state index >= 15 is 0 Å². The molecule has 1 atom stereocenters. The normalized spacial score (nSPS) is 16.9. The van der Waals surface area contributed by atoms with Crippen molar-refractivity contribution in [1.29, 1.82) is 0 Å². The summed E-state index contributed by atoms with van der Waals surface area (Å²) >= 11 is 3.39. The lowest BCUT2D eigenvalue weighted by Gasteiger charge is -2.29. The number of urea groups is 1. The molecule has 3 rings (SSSR count). The van der Waals surface area contributed by atoms with E-state index in [1.165, 1.54) is 11.0 Å². The Labute approximate surface area is 166 Å². The minimum Gasteiger partial charge on any atom is -0.497 e. The number of carbonyl (C=O) groups excluding carboxylic acids is 2. The molecule has 6 heteroatoms. The maximum Gasteiger partial charge on any atom is 0.321 e. The summed E-state index contributed by atoms with van der Waals surface area (Å²) in [6.07, 6.45) is 4.87. The predicted molar refractivity (Wildman–Crippen MR) is 108 cm³/mol. The van der Waals surface area contributed by atoms with E-state index < -0.39 is 6.04 Å². The van der Waals surface area contributed by atoms with Crippen LogP contribution in [0.5, 0.6) is 5.75 Å². The molecule has 0 spiro atoms. The number of ether oxygens (including phenoxy) is 1. The van der Waals surface area contributed by atoms with Gasteiger partial charge in [0.05, 0.1) is 13.2 Å². The second kappa shape index (κ2) is 8.22. The van der Waals surface area contributed by atoms with Crippen LogP contribution >= 0.6 is 15.9 Å². The Kier molecular flexibility index (Phi) is 5.76. The molecule has 0 saturated carbocycles. The predicted octanol–water partition coefficient (Wildman–Crippen LogP) is 4.32. The number of nitrogens with one attached hydrogen (secondary N) is 1. The maximum absolute atomic E-state index is 12.8. The molecule has 1 unspecified atom stereocenters. The monoisotopic (exact) mass is 426 g/mol. The van der Waals surface area contributed by atoms with E-state index in [2.05, 4.69) is 21.2 Å². The number of rotatable bonds is 5. The summed E-state index contributed by atoms with van der Waals surface area (Å²) in [5.74, 6) is 0.551. The summed E-state index contributed by atoms with van der Waals surface area (Å²) in [6.45, 7) is 0. The van der Waals surface area contributed by atoms with Crippen molar-refractivity contribution in [3.63, 3.8) is 0 Å². The van der Waals surface area contributed by atoms with Crippen molar-refractivity contribution in [2.24, 2.45) is 0 Å². The molecule has 0 saturated heterocycles. The standard InChI is InChI=1S/C21H19BrN2O3/c1-24-13-18(19(25)12-5-14-3-8-16(22)9-4-14)20(23-21(24)26)15-6-10-17(27-2)11-7-15/h3-13,20H,1-2H3,(H,23,26). The number of carbonyl (C=O) groups is 2. The molecular formula is C21H19BrN2O3. The Bertz CT molecular complexity index is 902. The zero-order valence-electron chi connectivity index (χ0n) is 15.0. The SMILES string of the molecule is COc1ccc(C2NC(=O)N(C)C=C2C(=O)C=Cc2ccc(Br)cc2)cc1. The van der Waals surface area contributed by atoms with Crippen molar-refractivity contribution in [2.45, 2.75) is 6.04 Å². The van der Waals surface area contributed by atoms with Gasteiger partial charge in [-0.05, 0) is 41.5 Å². The molecule has 0 radical (unpaired) electrons. The van der Waals surface area contributed by atoms with Crippen molar-refractivity contribution in [3.05, 3.63) is 82.0 Å². The summed E-state index contributed by atoms with van der Waals surface area (Å²) < 4.78 is 6.15. The molecule has 0 aromatic heterocycles. The first-order valence-electron chi connectivity index (χ1n) is 8.35. The van der Waals surface area contributed by atoms with Gasteiger partial charge in [-0.2, -0.15) is 0 Å². The third-order valence-corrected chi connectivity index (χ3v) is 4.79. The molecule has 2 amide bonds. The van der Waals surface area contributed by atoms with E-state index in [9.17, 15) is 9.59 Å². The van der Waals surface area contributed by atoms with Gasteiger partial charge >= 0.3 is 6.03 Å². The van der Waals surface area contributed by atoms with Crippen molar-refractivity contribution in [3.8, 4) is 5.75 Å². The number of amides is 2. The van der Waals surface area contributed by atoms with E-state index in [0.29, 0.717) is 11.3 Å². The average molecular weight is 427 g/mol. The fourth-order valence-electron chi connectivity index (χ4n) is 2.75. The third kappa shape index (κ3) is 4.46. The van der Waals surface area contributed by atoms with Gasteiger partial charge in [0, 0.05) is 23.3 Å². The lowest BCUT2D eigenvalue weighted by molar-refractivity contribution is -0.111. The van der Waals surface area contributed by atoms with Gasteiger partial charge < -0.3 is 15.0 Å². The fourth-order valence-corrected chi connectivity index (χ4v) is 3.02. The Morgan fingerprint density at radius 1 is 1.15 bits per heavy atom. The lowest BCUT2D eigenvalue weighted by atomic mass is 9.94. The second-order valence-corrected chi connectivity index (χ2v) is 7.02. The molecule has 1 aliphatic heterocycles. The molecule has 1 N–H and O–H groups in total. The van der Waals surface area contributed by atoms with E-state index in [4.69, 9.17) is 4.74 Å². The van der Waals surface area contributed by atoms with Crippen LogP contribution < -0.4 is 10.1 Å². The van der Waals surface area contributed by atoms with Gasteiger partial charge in [-0.1, -0.05) is 46.3 Å². The van der Waals surface area contributed by atoms with Crippen LogP contribution in [0.4, 0.5) is 4.79 Å². The molecule has 0 aliphatic carbocycles. The molecule has 138 valence electrons. The quantitative estimate of drug-likeness (QED) is 0.724. The topological polar surface area (TPSA) is 58.6 Å². The molecular weight excluding hydrogens is 408 g/mol. The number of hydrogen-bond donors (Lipinski definition) is 1. The number of allylic oxidation sites excluding steroid dienone is 1. The van der Waals surface area contributed by atoms with E-state index in [0.717, 1.165) is 15.6 Å². The van der Waals surface area contributed by atoms with Gasteiger partial charge in [-0.25, -0.2) is 4.79 Å². The molecule has 2 aromatic rings. The molecule has 27 heavy (non-hydrogen) atoms. The zero-order chi connectivity index (χ0) is 19.4. The first-order valence-corrected chi connectivity index (χ1v) is 9.14. The van der Waals surface area contributed by atoms with Crippen LogP contribution in [0.15, 0.2) is 70.9 Å². The first kappa shape index (κ1) is 18.9. The Hall–Kier alpha value is -2.86. The Morgan fingerprint density at radius 2 is 1.81 bits per heavy atom. The van der Waals surface area contributed by atoms with Crippen molar-refractivity contribution in [2.75, 3.05) is 14.2 Å². The van der Waals surface area contributed by atoms with E-state index in [1.54, 1.807) is 38.6 Å². The summed E-state index contributed by atoms with van der Waals surface area (Å²) in [5, 5.41) is 2.87. The zero-order valence-corrected chi connectivity index (χ0v) is 16.6. The Morgan fingerprint density at radius 3 is 2.44 bits per heavy atom. The van der Waals surface area contributed by atoms with Gasteiger partial charge in [0.25, 0.3) is 0 Å². The fraction of sp³-hybridized carbons (Fsp3) is 0.143. The van der Waals surface area contributed by atoms with Crippen molar-refractivity contribution < 1.29 is 14.3 Å². The molecule has 5 nitrogen and oxygen atoms in total. The lowest BCUT2D eigenvalue weighted by Crippen LogP contribution is -2.43. The highest BCUT2D eigenvalue weighted by Crippen LogP contribution is 2.28. The summed E-state index contributed by atoms with van der Waals surface area (Å²) in [6, 6.07) is 14.2. The number of methoxy groups -OCH3 is 1. The average Bonchev–Trinajstić information content (AvgIpc) is 2.69. The van der Waals surface area contributed by atoms with Crippen molar-refractivity contribution in [1.82, 2.24) is 10.2 Å². The van der Waals surface area contributed by atoms with Gasteiger partial charge in [-0.3, -0.25) is 4.79 Å². The number of hydrogen-bond acceptors (Lipinski definition) is 3. The smallest absolute Gasteiger partial charge is 0.321 e. The molecule has 0 fully saturated rings. The second-order valence-electron chi connectivity index (χ2n) is 6.10. The van der Waals surface area contributed by atoms with Crippen LogP contribution in [0.25, 0.3) is 6.08 Å². The van der Waals surface area contributed by atoms with E-state index in [1.807, 2.05) is 36.4 Å². The molecule has 2 aromatic carbocycles. The highest BCUT2D eigenvalue weighted by atomic mass is 79.9. The highest BCUT2D eigenvalue weighted by Gasteiger charge is 2.29. The van der Waals surface area contributed by atoms with Crippen LogP contribution in [-0.4, -0.2) is 30.9 Å². The van der Waals surface area contributed by atoms with Crippen LogP contribution in [-0.2, 0) is 4.79 Å². The molecule has 1 aliphatic rings. The maximum atomic E-state index is 12.8. The van der Waals surface area contributed by atoms with Crippen molar-refractivity contribution >= 4 is 33.8 Å². The van der Waals surface area contributed by atoms with Gasteiger partial charge in [0.1, 0.15) is 5.75 Å². The molecule has 0 bridgehead atoms. The minimum atomic E-state index is -0.512. The summed E-state index contributed by atoms with van der Waals surface area (Å²) in [7, 11) is 3.21. The van der Waals surface area contributed by atoms with Gasteiger partial charge in [-0.15, -0.1) is 0 Å². The van der Waals surface area contributed by atoms with Crippen LogP contribution in [0.1, 0.15) is 17.2 Å². The summed E-state index contributed by atoms with van der Waals surface area (Å²) in [5.41, 5.74) is 2.23. The third-order valence-electron chi connectivity index (χ3n) is 4.26. The van der Waals surface area contributed by atoms with Gasteiger partial charge in [0.2, 0.25) is 0 Å². The minimum absolute atomic E-state index is 0.161. The van der Waals surface area contributed by atoms with E-state index in [-0.39, 0.29) is 11.8 Å². The number of ketones is 1. The number of benzene rings is 2. The molecule has 1 heterocycles. The number of halogens is 1. The number of nitrogens with zero attached hydrogens (tertiary/aromatic N) is 1. The van der Waals surface area contributed by atoms with Crippen LogP contribution in [0.3, 0.4) is 0 Å². The first-order chi connectivity index (χ1) is 13.0.